The molecule has 2 aliphatic rings. The Morgan fingerprint density at radius 2 is 2.05 bits per heavy atom. The van der Waals surface area contributed by atoms with E-state index < -0.39 is 9.84 Å². The van der Waals surface area contributed by atoms with E-state index >= 15 is 0 Å². The number of nitrogens with zero attached hydrogens (tertiary/aromatic N) is 1. The molecule has 6 heteroatoms. The number of carbonyl (C=O) groups is 1. The largest absolute Gasteiger partial charge is 0.370 e. The third-order valence-electron chi connectivity index (χ3n) is 4.38. The predicted octanol–water partition coefficient (Wildman–Crippen LogP) is 1.41. The fourth-order valence-electron chi connectivity index (χ4n) is 3.15. The second-order valence-electron chi connectivity index (χ2n) is 6.08. The minimum Gasteiger partial charge on any atom is -0.370 e. The molecule has 1 aromatic carbocycles. The Hall–Kier alpha value is -1.40. The number of amides is 1. The number of hydrogen-bond donors (Lipinski definition) is 0. The molecule has 0 radical (unpaired) electrons. The van der Waals surface area contributed by atoms with E-state index in [0.29, 0.717) is 32.5 Å². The number of benzene rings is 1. The van der Waals surface area contributed by atoms with E-state index in [-0.39, 0.29) is 29.4 Å². The van der Waals surface area contributed by atoms with Gasteiger partial charge in [-0.15, -0.1) is 0 Å². The Morgan fingerprint density at radius 1 is 1.27 bits per heavy atom. The van der Waals surface area contributed by atoms with Gasteiger partial charge in [0.05, 0.1) is 24.7 Å². The molecule has 2 fully saturated rings. The molecule has 0 bridgehead atoms. The van der Waals surface area contributed by atoms with Gasteiger partial charge in [-0.2, -0.15) is 0 Å². The fraction of sp³-hybridized carbons (Fsp3) is 0.562. The van der Waals surface area contributed by atoms with Gasteiger partial charge in [-0.25, -0.2) is 8.42 Å². The van der Waals surface area contributed by atoms with Crippen LogP contribution in [0.15, 0.2) is 30.3 Å². The average Bonchev–Trinajstić information content (AvgIpc) is 2.87. The zero-order valence-electron chi connectivity index (χ0n) is 12.5. The van der Waals surface area contributed by atoms with Crippen LogP contribution in [0.25, 0.3) is 0 Å². The Balaban J connectivity index is 1.59. The lowest BCUT2D eigenvalue weighted by molar-refractivity contribution is -0.139. The van der Waals surface area contributed by atoms with Crippen LogP contribution in [0.5, 0.6) is 0 Å². The van der Waals surface area contributed by atoms with Crippen molar-refractivity contribution in [3.05, 3.63) is 35.9 Å². The minimum absolute atomic E-state index is 0.0180. The third-order valence-corrected chi connectivity index (χ3v) is 6.22. The van der Waals surface area contributed by atoms with Gasteiger partial charge in [-0.3, -0.25) is 4.79 Å². The molecule has 2 atom stereocenters. The van der Waals surface area contributed by atoms with E-state index in [1.807, 2.05) is 35.2 Å². The van der Waals surface area contributed by atoms with E-state index in [2.05, 4.69) is 0 Å². The molecule has 2 aliphatic heterocycles. The summed E-state index contributed by atoms with van der Waals surface area (Å²) in [5.41, 5.74) is 1.07. The number of carbonyl (C=O) groups excluding carboxylic acids is 1. The molecule has 120 valence electrons. The quantitative estimate of drug-likeness (QED) is 0.844. The molecule has 3 rings (SSSR count). The van der Waals surface area contributed by atoms with Crippen molar-refractivity contribution in [1.82, 2.24) is 4.90 Å². The number of morpholine rings is 1. The third kappa shape index (κ3) is 3.67. The molecule has 2 saturated heterocycles. The van der Waals surface area contributed by atoms with Crippen LogP contribution >= 0.6 is 0 Å². The van der Waals surface area contributed by atoms with Gasteiger partial charge in [0.1, 0.15) is 6.10 Å². The molecular formula is C16H21NO4S. The van der Waals surface area contributed by atoms with Gasteiger partial charge in [0.15, 0.2) is 9.84 Å². The Kier molecular flexibility index (Phi) is 4.49. The second-order valence-corrected chi connectivity index (χ2v) is 8.31. The summed E-state index contributed by atoms with van der Waals surface area (Å²) in [5.74, 6) is 0.410. The fourth-order valence-corrected chi connectivity index (χ4v) is 5.02. The Labute approximate surface area is 131 Å². The highest BCUT2D eigenvalue weighted by molar-refractivity contribution is 7.91. The van der Waals surface area contributed by atoms with Gasteiger partial charge >= 0.3 is 0 Å². The van der Waals surface area contributed by atoms with Gasteiger partial charge in [0, 0.05) is 13.0 Å². The molecule has 0 N–H and O–H groups in total. The van der Waals surface area contributed by atoms with Crippen molar-refractivity contribution < 1.29 is 17.9 Å². The van der Waals surface area contributed by atoms with Crippen molar-refractivity contribution in [1.29, 1.82) is 0 Å². The van der Waals surface area contributed by atoms with E-state index in [1.165, 1.54) is 0 Å². The van der Waals surface area contributed by atoms with Crippen LogP contribution in [-0.2, 0) is 19.4 Å². The van der Waals surface area contributed by atoms with Gasteiger partial charge in [-0.05, 0) is 17.9 Å². The van der Waals surface area contributed by atoms with Crippen molar-refractivity contribution >= 4 is 15.7 Å². The molecule has 1 amide bonds. The lowest BCUT2D eigenvalue weighted by Gasteiger charge is -2.33. The van der Waals surface area contributed by atoms with Crippen molar-refractivity contribution in [2.75, 3.05) is 31.2 Å². The summed E-state index contributed by atoms with van der Waals surface area (Å²) in [6.45, 7) is 1.65. The van der Waals surface area contributed by atoms with Gasteiger partial charge < -0.3 is 9.64 Å². The SMILES string of the molecule is O=C(C[C@@H]1CCS(=O)(=O)C1)N1CCO[C@H](c2ccccc2)C1. The summed E-state index contributed by atoms with van der Waals surface area (Å²) in [7, 11) is -2.92. The van der Waals surface area contributed by atoms with Gasteiger partial charge in [-0.1, -0.05) is 30.3 Å². The molecule has 0 spiro atoms. The molecule has 22 heavy (non-hydrogen) atoms. The van der Waals surface area contributed by atoms with E-state index in [4.69, 9.17) is 4.74 Å². The van der Waals surface area contributed by atoms with E-state index in [1.54, 1.807) is 0 Å². The maximum absolute atomic E-state index is 12.4. The van der Waals surface area contributed by atoms with Gasteiger partial charge in [0.2, 0.25) is 5.91 Å². The normalized spacial score (nSPS) is 27.7. The Bertz CT molecular complexity index is 629. The smallest absolute Gasteiger partial charge is 0.223 e. The van der Waals surface area contributed by atoms with Crippen molar-refractivity contribution in [3.63, 3.8) is 0 Å². The van der Waals surface area contributed by atoms with Crippen LogP contribution in [0.2, 0.25) is 0 Å². The number of ether oxygens (including phenoxy) is 1. The van der Waals surface area contributed by atoms with Crippen molar-refractivity contribution in [3.8, 4) is 0 Å². The topological polar surface area (TPSA) is 63.7 Å². The molecule has 0 saturated carbocycles. The van der Waals surface area contributed by atoms with Crippen LogP contribution in [0.3, 0.4) is 0 Å². The number of sulfone groups is 1. The summed E-state index contributed by atoms with van der Waals surface area (Å²) in [6, 6.07) is 9.88. The van der Waals surface area contributed by atoms with Crippen LogP contribution in [0.1, 0.15) is 24.5 Å². The highest BCUT2D eigenvalue weighted by atomic mass is 32.2. The first-order chi connectivity index (χ1) is 10.5. The molecule has 0 unspecified atom stereocenters. The number of rotatable bonds is 3. The molecule has 1 aromatic rings. The average molecular weight is 323 g/mol. The lowest BCUT2D eigenvalue weighted by Crippen LogP contribution is -2.42. The first kappa shape index (κ1) is 15.5. The highest BCUT2D eigenvalue weighted by Crippen LogP contribution is 2.25. The summed E-state index contributed by atoms with van der Waals surface area (Å²) < 4.78 is 28.7. The van der Waals surface area contributed by atoms with Crippen LogP contribution in [0.4, 0.5) is 0 Å². The minimum atomic E-state index is -2.92. The zero-order valence-corrected chi connectivity index (χ0v) is 13.3. The van der Waals surface area contributed by atoms with Crippen LogP contribution in [-0.4, -0.2) is 50.4 Å². The van der Waals surface area contributed by atoms with Crippen LogP contribution in [0, 0.1) is 5.92 Å². The summed E-state index contributed by atoms with van der Waals surface area (Å²) >= 11 is 0. The van der Waals surface area contributed by atoms with E-state index in [0.717, 1.165) is 5.56 Å². The van der Waals surface area contributed by atoms with E-state index in [9.17, 15) is 13.2 Å². The number of hydrogen-bond acceptors (Lipinski definition) is 4. The van der Waals surface area contributed by atoms with Crippen molar-refractivity contribution in [2.45, 2.75) is 18.9 Å². The highest BCUT2D eigenvalue weighted by Gasteiger charge is 2.32. The molecule has 5 nitrogen and oxygen atoms in total. The molecule has 0 aromatic heterocycles. The zero-order chi connectivity index (χ0) is 15.6. The maximum Gasteiger partial charge on any atom is 0.223 e. The Morgan fingerprint density at radius 3 is 2.73 bits per heavy atom. The monoisotopic (exact) mass is 323 g/mol. The van der Waals surface area contributed by atoms with Gasteiger partial charge in [0.25, 0.3) is 0 Å². The summed E-state index contributed by atoms with van der Waals surface area (Å²) in [4.78, 5) is 14.2. The summed E-state index contributed by atoms with van der Waals surface area (Å²) in [6.07, 6.45) is 0.854. The van der Waals surface area contributed by atoms with Crippen molar-refractivity contribution in [2.24, 2.45) is 5.92 Å². The predicted molar refractivity (Wildman–Crippen MR) is 83.1 cm³/mol. The second kappa shape index (κ2) is 6.38. The molecule has 2 heterocycles. The molecule has 0 aliphatic carbocycles. The lowest BCUT2D eigenvalue weighted by atomic mass is 10.0. The molecular weight excluding hydrogens is 302 g/mol. The first-order valence-electron chi connectivity index (χ1n) is 7.68. The maximum atomic E-state index is 12.4. The van der Waals surface area contributed by atoms with Crippen LogP contribution < -0.4 is 0 Å². The summed E-state index contributed by atoms with van der Waals surface area (Å²) in [5, 5.41) is 0. The standard InChI is InChI=1S/C16H21NO4S/c18-16(10-13-6-9-22(19,20)12-13)17-7-8-21-15(11-17)14-4-2-1-3-5-14/h1-5,13,15H,6-12H2/t13-,15-/m0/s1. The first-order valence-corrected chi connectivity index (χ1v) is 9.50.